The van der Waals surface area contributed by atoms with Crippen LogP contribution in [0.5, 0.6) is 0 Å². The van der Waals surface area contributed by atoms with Gasteiger partial charge >= 0.3 is 0 Å². The molecule has 0 amide bonds. The Labute approximate surface area is 60.4 Å². The molecule has 0 aromatic heterocycles. The first-order valence-corrected chi connectivity index (χ1v) is 3.41. The molecule has 0 fully saturated rings. The lowest BCUT2D eigenvalue weighted by atomic mass is 10.0. The molecule has 0 aliphatic carbocycles. The van der Waals surface area contributed by atoms with Crippen LogP contribution >= 0.6 is 0 Å². The summed E-state index contributed by atoms with van der Waals surface area (Å²) in [6, 6.07) is 0. The third-order valence-electron chi connectivity index (χ3n) is 1.67. The summed E-state index contributed by atoms with van der Waals surface area (Å²) in [7, 11) is 1.29. The third kappa shape index (κ3) is 2.60. The maximum Gasteiger partial charge on any atom is 0.273 e. The van der Waals surface area contributed by atoms with Crippen LogP contribution in [0.3, 0.4) is 0 Å². The van der Waals surface area contributed by atoms with Gasteiger partial charge in [-0.1, -0.05) is 13.8 Å². The van der Waals surface area contributed by atoms with Crippen molar-refractivity contribution in [2.45, 2.75) is 26.2 Å². The van der Waals surface area contributed by atoms with E-state index in [4.69, 9.17) is 0 Å². The fourth-order valence-electron chi connectivity index (χ4n) is 0.633. The van der Waals surface area contributed by atoms with E-state index in [0.717, 1.165) is 0 Å². The van der Waals surface area contributed by atoms with E-state index in [1.807, 2.05) is 0 Å². The minimum Gasteiger partial charge on any atom is -0.378 e. The molecule has 1 unspecified atom stereocenters. The number of methoxy groups -OCH3 is 1. The van der Waals surface area contributed by atoms with Crippen molar-refractivity contribution in [2.24, 2.45) is 5.92 Å². The van der Waals surface area contributed by atoms with Crippen molar-refractivity contribution in [3.05, 3.63) is 0 Å². The average Bonchev–Trinajstić information content (AvgIpc) is 1.86. The van der Waals surface area contributed by atoms with Crippen molar-refractivity contribution >= 4 is 0 Å². The number of ether oxygens (including phenoxy) is 1. The van der Waals surface area contributed by atoms with Crippen molar-refractivity contribution in [3.63, 3.8) is 0 Å². The summed E-state index contributed by atoms with van der Waals surface area (Å²) in [6.07, 6.45) is 0.483. The Bertz CT molecular complexity index is 93.6. The van der Waals surface area contributed by atoms with Gasteiger partial charge in [0.2, 0.25) is 0 Å². The van der Waals surface area contributed by atoms with Gasteiger partial charge in [-0.3, -0.25) is 0 Å². The predicted molar refractivity (Wildman–Crippen MR) is 36.3 cm³/mol. The van der Waals surface area contributed by atoms with Crippen LogP contribution in [-0.2, 0) is 4.74 Å². The molecule has 0 spiro atoms. The molecule has 0 aliphatic heterocycles. The number of halogens is 2. The molecule has 10 heavy (non-hydrogen) atoms. The summed E-state index contributed by atoms with van der Waals surface area (Å²) in [4.78, 5) is 0. The van der Waals surface area contributed by atoms with Gasteiger partial charge in [-0.25, -0.2) is 8.78 Å². The van der Waals surface area contributed by atoms with Crippen LogP contribution in [0.15, 0.2) is 0 Å². The van der Waals surface area contributed by atoms with E-state index in [1.165, 1.54) is 14.0 Å². The van der Waals surface area contributed by atoms with Crippen LogP contribution < -0.4 is 0 Å². The number of rotatable bonds is 4. The highest BCUT2D eigenvalue weighted by atomic mass is 19.3. The zero-order chi connectivity index (χ0) is 8.20. The summed E-state index contributed by atoms with van der Waals surface area (Å²) in [5.41, 5.74) is 0. The Morgan fingerprint density at radius 3 is 2.30 bits per heavy atom. The second-order valence-corrected chi connectivity index (χ2v) is 2.50. The first-order valence-electron chi connectivity index (χ1n) is 3.41. The van der Waals surface area contributed by atoms with Crippen molar-refractivity contribution in [1.29, 1.82) is 0 Å². The molecule has 0 saturated carbocycles. The van der Waals surface area contributed by atoms with Crippen LogP contribution in [0, 0.1) is 5.92 Å². The lowest BCUT2D eigenvalue weighted by molar-refractivity contribution is -0.103. The highest BCUT2D eigenvalue weighted by molar-refractivity contribution is 4.71. The summed E-state index contributed by atoms with van der Waals surface area (Å²) in [5, 5.41) is 0. The van der Waals surface area contributed by atoms with E-state index in [1.54, 1.807) is 6.92 Å². The van der Waals surface area contributed by atoms with Crippen LogP contribution in [0.25, 0.3) is 0 Å². The van der Waals surface area contributed by atoms with E-state index < -0.39 is 18.4 Å². The standard InChI is InChI=1S/C7H14F2O/c1-4-6(2)7(8,9)5-10-3/h6H,4-5H2,1-3H3. The van der Waals surface area contributed by atoms with Gasteiger partial charge in [0.15, 0.2) is 0 Å². The number of hydrogen-bond donors (Lipinski definition) is 0. The maximum absolute atomic E-state index is 12.7. The molecule has 62 valence electrons. The maximum atomic E-state index is 12.7. The van der Waals surface area contributed by atoms with Gasteiger partial charge < -0.3 is 4.74 Å². The van der Waals surface area contributed by atoms with Gasteiger partial charge in [0, 0.05) is 13.0 Å². The van der Waals surface area contributed by atoms with Gasteiger partial charge in [-0.2, -0.15) is 0 Å². The molecule has 0 N–H and O–H groups in total. The van der Waals surface area contributed by atoms with Gasteiger partial charge in [0.05, 0.1) is 0 Å². The summed E-state index contributed by atoms with van der Waals surface area (Å²) in [5.74, 6) is -3.25. The monoisotopic (exact) mass is 152 g/mol. The molecule has 0 aliphatic rings. The molecular weight excluding hydrogens is 138 g/mol. The molecule has 0 saturated heterocycles. The first-order chi connectivity index (χ1) is 4.54. The zero-order valence-electron chi connectivity index (χ0n) is 6.66. The Morgan fingerprint density at radius 2 is 2.00 bits per heavy atom. The minimum absolute atomic E-state index is 0.470. The molecule has 0 aromatic rings. The van der Waals surface area contributed by atoms with Crippen LogP contribution in [-0.4, -0.2) is 19.6 Å². The molecule has 0 bridgehead atoms. The quantitative estimate of drug-likeness (QED) is 0.600. The number of hydrogen-bond acceptors (Lipinski definition) is 1. The van der Waals surface area contributed by atoms with Gasteiger partial charge in [-0.15, -0.1) is 0 Å². The Balaban J connectivity index is 3.82. The topological polar surface area (TPSA) is 9.23 Å². The minimum atomic E-state index is -2.66. The van der Waals surface area contributed by atoms with Gasteiger partial charge in [-0.05, 0) is 6.42 Å². The van der Waals surface area contributed by atoms with Crippen molar-refractivity contribution < 1.29 is 13.5 Å². The molecule has 0 rings (SSSR count). The fourth-order valence-corrected chi connectivity index (χ4v) is 0.633. The van der Waals surface area contributed by atoms with E-state index in [0.29, 0.717) is 6.42 Å². The molecule has 1 nitrogen and oxygen atoms in total. The molecular formula is C7H14F2O. The highest BCUT2D eigenvalue weighted by Crippen LogP contribution is 2.26. The van der Waals surface area contributed by atoms with Gasteiger partial charge in [0.25, 0.3) is 5.92 Å². The third-order valence-corrected chi connectivity index (χ3v) is 1.67. The lowest BCUT2D eigenvalue weighted by Crippen LogP contribution is -2.30. The van der Waals surface area contributed by atoms with Crippen molar-refractivity contribution in [2.75, 3.05) is 13.7 Å². The van der Waals surface area contributed by atoms with Crippen molar-refractivity contribution in [1.82, 2.24) is 0 Å². The molecule has 3 heteroatoms. The van der Waals surface area contributed by atoms with E-state index in [-0.39, 0.29) is 0 Å². The zero-order valence-corrected chi connectivity index (χ0v) is 6.66. The second-order valence-electron chi connectivity index (χ2n) is 2.50. The van der Waals surface area contributed by atoms with Crippen molar-refractivity contribution in [3.8, 4) is 0 Å². The Hall–Kier alpha value is -0.180. The lowest BCUT2D eigenvalue weighted by Gasteiger charge is -2.21. The fraction of sp³-hybridized carbons (Fsp3) is 1.00. The largest absolute Gasteiger partial charge is 0.378 e. The Morgan fingerprint density at radius 1 is 1.50 bits per heavy atom. The summed E-state index contributed by atoms with van der Waals surface area (Å²) >= 11 is 0. The second kappa shape index (κ2) is 3.86. The van der Waals surface area contributed by atoms with Crippen LogP contribution in [0.2, 0.25) is 0 Å². The van der Waals surface area contributed by atoms with E-state index in [2.05, 4.69) is 4.74 Å². The average molecular weight is 152 g/mol. The van der Waals surface area contributed by atoms with Gasteiger partial charge in [0.1, 0.15) is 6.61 Å². The molecule has 1 atom stereocenters. The first kappa shape index (κ1) is 9.82. The highest BCUT2D eigenvalue weighted by Gasteiger charge is 2.34. The van der Waals surface area contributed by atoms with Crippen LogP contribution in [0.4, 0.5) is 8.78 Å². The molecule has 0 radical (unpaired) electrons. The van der Waals surface area contributed by atoms with E-state index >= 15 is 0 Å². The normalized spacial score (nSPS) is 15.3. The van der Waals surface area contributed by atoms with E-state index in [9.17, 15) is 8.78 Å². The summed E-state index contributed by atoms with van der Waals surface area (Å²) in [6.45, 7) is 2.80. The smallest absolute Gasteiger partial charge is 0.273 e. The van der Waals surface area contributed by atoms with Crippen LogP contribution in [0.1, 0.15) is 20.3 Å². The predicted octanol–water partition coefficient (Wildman–Crippen LogP) is 2.31. The molecule has 0 heterocycles. The number of alkyl halides is 2. The molecule has 0 aromatic carbocycles. The SMILES string of the molecule is CCC(C)C(F)(F)COC. The summed E-state index contributed by atoms with van der Waals surface area (Å²) < 4.78 is 29.8. The Kier molecular flexibility index (Phi) is 3.79.